The van der Waals surface area contributed by atoms with Crippen molar-refractivity contribution in [3.63, 3.8) is 0 Å². The minimum atomic E-state index is -1.08. The Labute approximate surface area is 60.0 Å². The van der Waals surface area contributed by atoms with Gasteiger partial charge < -0.3 is 9.90 Å². The van der Waals surface area contributed by atoms with Crippen molar-refractivity contribution in [1.82, 2.24) is 0 Å². The molecule has 0 radical (unpaired) electrons. The predicted molar refractivity (Wildman–Crippen MR) is 36.8 cm³/mol. The monoisotopic (exact) mass is 144 g/mol. The number of aliphatic carboxylic acids is 1. The van der Waals surface area contributed by atoms with Crippen LogP contribution in [-0.2, 0) is 9.59 Å². The van der Waals surface area contributed by atoms with Crippen LogP contribution in [0.2, 0.25) is 0 Å². The normalized spacial score (nSPS) is 14.0. The number of carboxylic acid groups (broad SMARTS) is 1. The Hall–Kier alpha value is -0.860. The second kappa shape index (κ2) is 6.26. The third-order valence-electron chi connectivity index (χ3n) is 1.26. The molecule has 1 N–H and O–H groups in total. The Morgan fingerprint density at radius 2 is 1.70 bits per heavy atom. The van der Waals surface area contributed by atoms with Crippen LogP contribution in [0.1, 0.15) is 32.1 Å². The van der Waals surface area contributed by atoms with E-state index < -0.39 is 5.97 Å². The van der Waals surface area contributed by atoms with Crippen molar-refractivity contribution < 1.29 is 14.7 Å². The van der Waals surface area contributed by atoms with E-state index >= 15 is 0 Å². The fourth-order valence-corrected chi connectivity index (χ4v) is 0.321. The van der Waals surface area contributed by atoms with Gasteiger partial charge in [0, 0.05) is 0 Å². The van der Waals surface area contributed by atoms with E-state index in [0.717, 1.165) is 0 Å². The average molecular weight is 144 g/mol. The van der Waals surface area contributed by atoms with Crippen molar-refractivity contribution in [3.8, 4) is 0 Å². The van der Waals surface area contributed by atoms with E-state index in [1.807, 2.05) is 0 Å². The summed E-state index contributed by atoms with van der Waals surface area (Å²) in [7, 11) is 0. The van der Waals surface area contributed by atoms with Crippen molar-refractivity contribution >= 4 is 12.3 Å². The van der Waals surface area contributed by atoms with Crippen molar-refractivity contribution in [1.29, 1.82) is 0 Å². The molecule has 3 nitrogen and oxygen atoms in total. The molecule has 0 saturated heterocycles. The van der Waals surface area contributed by atoms with Gasteiger partial charge in [0.25, 0.3) is 0 Å². The lowest BCUT2D eigenvalue weighted by molar-refractivity contribution is -0.138. The first-order valence-corrected chi connectivity index (χ1v) is 3.43. The first kappa shape index (κ1) is 9.14. The molecule has 0 amide bonds. The summed E-state index contributed by atoms with van der Waals surface area (Å²) < 4.78 is 0. The molecule has 0 aromatic carbocycles. The third-order valence-corrected chi connectivity index (χ3v) is 1.26. The van der Waals surface area contributed by atoms with Gasteiger partial charge in [0.05, 0.1) is 0 Å². The maximum atomic E-state index is 9.37. The summed E-state index contributed by atoms with van der Waals surface area (Å²) >= 11 is 0. The summed E-state index contributed by atoms with van der Waals surface area (Å²) in [5.41, 5.74) is 0. The Kier molecular flexibility index (Phi) is 5.72. The van der Waals surface area contributed by atoms with Gasteiger partial charge in [-0.15, -0.1) is 0 Å². The topological polar surface area (TPSA) is 54.4 Å². The molecule has 0 bridgehead atoms. The lowest BCUT2D eigenvalue weighted by Gasteiger charge is -2.05. The van der Waals surface area contributed by atoms with Gasteiger partial charge in [0.1, 0.15) is 12.7 Å². The van der Waals surface area contributed by atoms with Gasteiger partial charge in [-0.2, -0.15) is 0 Å². The Morgan fingerprint density at radius 1 is 1.30 bits per heavy atom. The van der Waals surface area contributed by atoms with Crippen LogP contribution in [0.25, 0.3) is 0 Å². The highest BCUT2D eigenvalue weighted by molar-refractivity contribution is 5.81. The highest BCUT2D eigenvalue weighted by Gasteiger charge is 1.95. The Bertz CT molecular complexity index is 101. The van der Waals surface area contributed by atoms with Gasteiger partial charge >= 0.3 is 5.97 Å². The minimum Gasteiger partial charge on any atom is -0.481 e. The van der Waals surface area contributed by atoms with E-state index in [4.69, 9.17) is 5.11 Å². The number of rotatable bonds is 2. The van der Waals surface area contributed by atoms with E-state index in [9.17, 15) is 9.59 Å². The van der Waals surface area contributed by atoms with Gasteiger partial charge in [0.15, 0.2) is 0 Å². The van der Waals surface area contributed by atoms with E-state index in [2.05, 4.69) is 0 Å². The van der Waals surface area contributed by atoms with Crippen molar-refractivity contribution in [2.75, 3.05) is 0 Å². The molecule has 0 aromatic heterocycles. The molecule has 0 spiro atoms. The molecule has 1 aliphatic rings. The van der Waals surface area contributed by atoms with Gasteiger partial charge in [-0.3, -0.25) is 4.79 Å². The summed E-state index contributed by atoms with van der Waals surface area (Å²) in [5, 5.41) is 7.68. The van der Waals surface area contributed by atoms with Gasteiger partial charge in [-0.25, -0.2) is 0 Å². The molecule has 1 saturated carbocycles. The highest BCUT2D eigenvalue weighted by atomic mass is 16.4. The van der Waals surface area contributed by atoms with Gasteiger partial charge in [-0.1, -0.05) is 25.7 Å². The molecule has 0 aliphatic heterocycles. The molecule has 10 heavy (non-hydrogen) atoms. The molecule has 1 fully saturated rings. The molecular formula is C7H12O3. The second-order valence-electron chi connectivity index (χ2n) is 2.18. The Morgan fingerprint density at radius 3 is 1.70 bits per heavy atom. The van der Waals surface area contributed by atoms with Crippen LogP contribution >= 0.6 is 0 Å². The maximum absolute atomic E-state index is 9.37. The standard InChI is InChI=1S/C4H8.C3H4O3/c1-2-4-3-1;4-2-1-3(5)6/h1-4H2;2H,1H2,(H,5,6). The Balaban J connectivity index is 0.000000172. The highest BCUT2D eigenvalue weighted by Crippen LogP contribution is 2.15. The molecule has 0 heterocycles. The van der Waals surface area contributed by atoms with Crippen molar-refractivity contribution in [2.24, 2.45) is 0 Å². The van der Waals surface area contributed by atoms with Crippen molar-refractivity contribution in [3.05, 3.63) is 0 Å². The zero-order chi connectivity index (χ0) is 7.82. The van der Waals surface area contributed by atoms with E-state index in [1.165, 1.54) is 25.7 Å². The van der Waals surface area contributed by atoms with E-state index in [1.54, 1.807) is 0 Å². The molecule has 0 unspecified atom stereocenters. The number of carboxylic acids is 1. The average Bonchev–Trinajstić information content (AvgIpc) is 1.58. The summed E-state index contributed by atoms with van der Waals surface area (Å²) in [6.07, 6.45) is 5.96. The summed E-state index contributed by atoms with van der Waals surface area (Å²) in [6.45, 7) is 0. The zero-order valence-electron chi connectivity index (χ0n) is 5.88. The first-order chi connectivity index (χ1) is 4.77. The summed E-state index contributed by atoms with van der Waals surface area (Å²) in [6, 6.07) is 0. The van der Waals surface area contributed by atoms with E-state index in [-0.39, 0.29) is 6.42 Å². The molecule has 3 heteroatoms. The van der Waals surface area contributed by atoms with Crippen LogP contribution in [0.4, 0.5) is 0 Å². The smallest absolute Gasteiger partial charge is 0.310 e. The largest absolute Gasteiger partial charge is 0.481 e. The predicted octanol–water partition coefficient (Wildman–Crippen LogP) is 1.22. The van der Waals surface area contributed by atoms with Gasteiger partial charge in [-0.05, 0) is 0 Å². The fourth-order valence-electron chi connectivity index (χ4n) is 0.321. The van der Waals surface area contributed by atoms with Crippen LogP contribution < -0.4 is 0 Å². The number of carbonyl (C=O) groups excluding carboxylic acids is 1. The lowest BCUT2D eigenvalue weighted by atomic mass is 10.0. The third kappa shape index (κ3) is 7.14. The summed E-state index contributed by atoms with van der Waals surface area (Å²) in [4.78, 5) is 18.6. The second-order valence-corrected chi connectivity index (χ2v) is 2.18. The van der Waals surface area contributed by atoms with Crippen molar-refractivity contribution in [2.45, 2.75) is 32.1 Å². The number of carbonyl (C=O) groups is 2. The quantitative estimate of drug-likeness (QED) is 0.468. The zero-order valence-corrected chi connectivity index (χ0v) is 5.88. The van der Waals surface area contributed by atoms with E-state index in [0.29, 0.717) is 6.29 Å². The lowest BCUT2D eigenvalue weighted by Crippen LogP contribution is -1.92. The molecule has 58 valence electrons. The first-order valence-electron chi connectivity index (χ1n) is 3.43. The molecule has 1 aliphatic carbocycles. The van der Waals surface area contributed by atoms with Gasteiger partial charge in [0.2, 0.25) is 0 Å². The van der Waals surface area contributed by atoms with Crippen LogP contribution in [0.5, 0.6) is 0 Å². The number of aldehydes is 1. The molecule has 1 rings (SSSR count). The fraction of sp³-hybridized carbons (Fsp3) is 0.714. The minimum absolute atomic E-state index is 0.350. The van der Waals surface area contributed by atoms with Crippen LogP contribution in [-0.4, -0.2) is 17.4 Å². The van der Waals surface area contributed by atoms with Crippen LogP contribution in [0.3, 0.4) is 0 Å². The summed E-state index contributed by atoms with van der Waals surface area (Å²) in [5.74, 6) is -1.08. The number of hydrogen-bond donors (Lipinski definition) is 1. The molecular weight excluding hydrogens is 132 g/mol. The molecule has 0 aromatic rings. The SMILES string of the molecule is C1CCC1.O=CCC(=O)O. The van der Waals surface area contributed by atoms with Crippen LogP contribution in [0, 0.1) is 0 Å². The number of hydrogen-bond acceptors (Lipinski definition) is 2. The molecule has 0 atom stereocenters. The van der Waals surface area contributed by atoms with Crippen LogP contribution in [0.15, 0.2) is 0 Å². The maximum Gasteiger partial charge on any atom is 0.310 e.